The van der Waals surface area contributed by atoms with E-state index in [9.17, 15) is 0 Å². The standard InChI is InChI=1S/C9H7N.Au/c1-2-6-9-8(4-1)5-3-7-10-9;/h1-7H;. The molecule has 0 amide bonds. The third-order valence-corrected chi connectivity index (χ3v) is 1.51. The second kappa shape index (κ2) is 3.67. The van der Waals surface area contributed by atoms with Crippen LogP contribution in [0.25, 0.3) is 10.9 Å². The van der Waals surface area contributed by atoms with Crippen molar-refractivity contribution in [2.24, 2.45) is 0 Å². The Morgan fingerprint density at radius 3 is 2.45 bits per heavy atom. The summed E-state index contributed by atoms with van der Waals surface area (Å²) in [4.78, 5) is 4.18. The zero-order valence-electron chi connectivity index (χ0n) is 5.79. The van der Waals surface area contributed by atoms with Crippen molar-refractivity contribution in [2.75, 3.05) is 0 Å². The fourth-order valence-electron chi connectivity index (χ4n) is 1.02. The van der Waals surface area contributed by atoms with Gasteiger partial charge in [-0.2, -0.15) is 0 Å². The maximum atomic E-state index is 4.18. The molecule has 1 aromatic carbocycles. The predicted molar refractivity (Wildman–Crippen MR) is 41.7 cm³/mol. The molecule has 0 saturated heterocycles. The Kier molecular flexibility index (Phi) is 2.83. The largest absolute Gasteiger partial charge is 0.256 e. The van der Waals surface area contributed by atoms with E-state index in [2.05, 4.69) is 17.1 Å². The van der Waals surface area contributed by atoms with Crippen LogP contribution < -0.4 is 0 Å². The smallest absolute Gasteiger partial charge is 0.0701 e. The summed E-state index contributed by atoms with van der Waals surface area (Å²) in [5.41, 5.74) is 1.06. The van der Waals surface area contributed by atoms with Gasteiger partial charge in [-0.25, -0.2) is 0 Å². The molecular weight excluding hydrogens is 319 g/mol. The SMILES string of the molecule is [Au].c1ccc2ncccc2c1. The molecule has 2 rings (SSSR count). The van der Waals surface area contributed by atoms with Gasteiger partial charge in [0.25, 0.3) is 0 Å². The fraction of sp³-hybridized carbons (Fsp3) is 0. The average Bonchev–Trinajstić information content (AvgIpc) is 2.05. The maximum absolute atomic E-state index is 4.18. The Balaban J connectivity index is 0.000000605. The van der Waals surface area contributed by atoms with Crippen molar-refractivity contribution >= 4 is 10.9 Å². The Morgan fingerprint density at radius 1 is 0.909 bits per heavy atom. The summed E-state index contributed by atoms with van der Waals surface area (Å²) in [6.07, 6.45) is 1.81. The second-order valence-corrected chi connectivity index (χ2v) is 2.20. The van der Waals surface area contributed by atoms with E-state index in [4.69, 9.17) is 0 Å². The monoisotopic (exact) mass is 326 g/mol. The van der Waals surface area contributed by atoms with Gasteiger partial charge < -0.3 is 0 Å². The number of rotatable bonds is 0. The van der Waals surface area contributed by atoms with Gasteiger partial charge in [0.05, 0.1) is 5.52 Å². The van der Waals surface area contributed by atoms with Crippen molar-refractivity contribution in [3.05, 3.63) is 42.6 Å². The van der Waals surface area contributed by atoms with Gasteiger partial charge in [-0.15, -0.1) is 0 Å². The third kappa shape index (κ3) is 1.69. The minimum absolute atomic E-state index is 0. The van der Waals surface area contributed by atoms with Crippen molar-refractivity contribution in [2.45, 2.75) is 0 Å². The molecule has 0 unspecified atom stereocenters. The third-order valence-electron chi connectivity index (χ3n) is 1.51. The summed E-state index contributed by atoms with van der Waals surface area (Å²) < 4.78 is 0. The van der Waals surface area contributed by atoms with Crippen LogP contribution in [-0.2, 0) is 22.4 Å². The number of hydrogen-bond donors (Lipinski definition) is 0. The number of aromatic nitrogens is 1. The Bertz CT molecular complexity index is 281. The second-order valence-electron chi connectivity index (χ2n) is 2.20. The number of fused-ring (bicyclic) bond motifs is 1. The van der Waals surface area contributed by atoms with Crippen molar-refractivity contribution in [3.63, 3.8) is 0 Å². The van der Waals surface area contributed by atoms with Crippen molar-refractivity contribution in [3.8, 4) is 0 Å². The van der Waals surface area contributed by atoms with Crippen LogP contribution in [0, 0.1) is 0 Å². The summed E-state index contributed by atoms with van der Waals surface area (Å²) in [6, 6.07) is 12.1. The zero-order chi connectivity index (χ0) is 6.81. The van der Waals surface area contributed by atoms with E-state index in [1.807, 2.05) is 30.5 Å². The summed E-state index contributed by atoms with van der Waals surface area (Å²) >= 11 is 0. The van der Waals surface area contributed by atoms with E-state index in [-0.39, 0.29) is 22.4 Å². The first-order valence-electron chi connectivity index (χ1n) is 3.26. The van der Waals surface area contributed by atoms with E-state index < -0.39 is 0 Å². The Morgan fingerprint density at radius 2 is 1.64 bits per heavy atom. The van der Waals surface area contributed by atoms with Gasteiger partial charge >= 0.3 is 0 Å². The molecule has 0 atom stereocenters. The van der Waals surface area contributed by atoms with Crippen LogP contribution in [0.1, 0.15) is 0 Å². The first-order chi connectivity index (χ1) is 4.97. The van der Waals surface area contributed by atoms with Crippen molar-refractivity contribution in [1.82, 2.24) is 4.98 Å². The van der Waals surface area contributed by atoms with Gasteiger partial charge in [0.15, 0.2) is 0 Å². The maximum Gasteiger partial charge on any atom is 0.0701 e. The molecule has 11 heavy (non-hydrogen) atoms. The summed E-state index contributed by atoms with van der Waals surface area (Å²) in [6.45, 7) is 0. The molecule has 59 valence electrons. The predicted octanol–water partition coefficient (Wildman–Crippen LogP) is 2.23. The van der Waals surface area contributed by atoms with Gasteiger partial charge in [-0.05, 0) is 12.1 Å². The summed E-state index contributed by atoms with van der Waals surface area (Å²) in [7, 11) is 0. The van der Waals surface area contributed by atoms with Crippen LogP contribution in [0.2, 0.25) is 0 Å². The van der Waals surface area contributed by atoms with E-state index in [0.717, 1.165) is 5.52 Å². The first kappa shape index (κ1) is 8.47. The normalized spacial score (nSPS) is 9.09. The minimum Gasteiger partial charge on any atom is -0.256 e. The van der Waals surface area contributed by atoms with E-state index in [0.29, 0.717) is 0 Å². The molecule has 0 bridgehead atoms. The minimum atomic E-state index is 0. The Labute approximate surface area is 81.0 Å². The molecule has 1 aromatic heterocycles. The van der Waals surface area contributed by atoms with Crippen LogP contribution >= 0.6 is 0 Å². The van der Waals surface area contributed by atoms with Gasteiger partial charge in [0.2, 0.25) is 0 Å². The van der Waals surface area contributed by atoms with E-state index >= 15 is 0 Å². The Hall–Kier alpha value is -0.630. The van der Waals surface area contributed by atoms with Gasteiger partial charge in [0.1, 0.15) is 0 Å². The molecule has 0 spiro atoms. The van der Waals surface area contributed by atoms with Crippen LogP contribution in [0.3, 0.4) is 0 Å². The van der Waals surface area contributed by atoms with E-state index in [1.165, 1.54) is 5.39 Å². The van der Waals surface area contributed by atoms with E-state index in [1.54, 1.807) is 0 Å². The molecular formula is C9H7AuN. The van der Waals surface area contributed by atoms with Gasteiger partial charge in [0, 0.05) is 34.0 Å². The molecule has 0 aliphatic heterocycles. The molecule has 2 aromatic rings. The molecule has 1 nitrogen and oxygen atoms in total. The van der Waals surface area contributed by atoms with Crippen LogP contribution in [0.5, 0.6) is 0 Å². The van der Waals surface area contributed by atoms with Gasteiger partial charge in [-0.1, -0.05) is 24.3 Å². The molecule has 0 N–H and O–H groups in total. The molecule has 0 fully saturated rings. The van der Waals surface area contributed by atoms with Crippen LogP contribution in [-0.4, -0.2) is 4.98 Å². The topological polar surface area (TPSA) is 12.9 Å². The number of pyridine rings is 1. The molecule has 0 aliphatic rings. The van der Waals surface area contributed by atoms with Crippen LogP contribution in [0.4, 0.5) is 0 Å². The van der Waals surface area contributed by atoms with Gasteiger partial charge in [-0.3, -0.25) is 4.98 Å². The zero-order valence-corrected chi connectivity index (χ0v) is 7.96. The number of hydrogen-bond acceptors (Lipinski definition) is 1. The number of nitrogens with zero attached hydrogens (tertiary/aromatic N) is 1. The van der Waals surface area contributed by atoms with Crippen LogP contribution in [0.15, 0.2) is 42.6 Å². The molecule has 2 heteroatoms. The number of benzene rings is 1. The van der Waals surface area contributed by atoms with Crippen molar-refractivity contribution in [1.29, 1.82) is 0 Å². The molecule has 0 saturated carbocycles. The quantitative estimate of drug-likeness (QED) is 0.677. The first-order valence-corrected chi connectivity index (χ1v) is 3.26. The molecule has 1 radical (unpaired) electrons. The fourth-order valence-corrected chi connectivity index (χ4v) is 1.02. The number of para-hydroxylation sites is 1. The molecule has 1 heterocycles. The van der Waals surface area contributed by atoms with Crippen molar-refractivity contribution < 1.29 is 22.4 Å². The summed E-state index contributed by atoms with van der Waals surface area (Å²) in [5.74, 6) is 0. The average molecular weight is 326 g/mol. The summed E-state index contributed by atoms with van der Waals surface area (Å²) in [5, 5.41) is 1.20. The molecule has 0 aliphatic carbocycles.